The van der Waals surface area contributed by atoms with Gasteiger partial charge < -0.3 is 15.2 Å². The van der Waals surface area contributed by atoms with E-state index >= 15 is 0 Å². The van der Waals surface area contributed by atoms with Crippen LogP contribution in [0.2, 0.25) is 0 Å². The Balaban J connectivity index is 2.13. The summed E-state index contributed by atoms with van der Waals surface area (Å²) in [4.78, 5) is 38.4. The van der Waals surface area contributed by atoms with E-state index in [1.165, 1.54) is 0 Å². The lowest BCUT2D eigenvalue weighted by atomic mass is 9.68. The molecule has 3 aromatic rings. The van der Waals surface area contributed by atoms with Crippen LogP contribution < -0.4 is 5.32 Å². The summed E-state index contributed by atoms with van der Waals surface area (Å²) in [6, 6.07) is 26.6. The molecule has 0 aliphatic heterocycles. The number of aliphatic carboxylic acids is 1. The number of benzene rings is 3. The van der Waals surface area contributed by atoms with E-state index in [-0.39, 0.29) is 13.0 Å². The van der Waals surface area contributed by atoms with E-state index in [1.807, 2.05) is 91.0 Å². The monoisotopic (exact) mass is 459 g/mol. The maximum Gasteiger partial charge on any atom is 0.326 e. The number of carbonyl (C=O) groups excluding carboxylic acids is 2. The summed E-state index contributed by atoms with van der Waals surface area (Å²) in [5, 5.41) is 12.7. The molecule has 0 bridgehead atoms. The third-order valence-corrected chi connectivity index (χ3v) is 5.88. The van der Waals surface area contributed by atoms with Crippen molar-refractivity contribution in [2.45, 2.75) is 31.7 Å². The molecule has 6 heteroatoms. The van der Waals surface area contributed by atoms with Crippen LogP contribution in [-0.4, -0.2) is 35.6 Å². The summed E-state index contributed by atoms with van der Waals surface area (Å²) in [6.07, 6.45) is -0.125. The number of esters is 1. The van der Waals surface area contributed by atoms with Gasteiger partial charge in [-0.15, -0.1) is 0 Å². The standard InChI is InChI=1S/C28H29NO5/c1-3-34-24(30)19-20(2)25(26(31)32)29-27(33)28(21-13-7-4-8-14-21,22-15-9-5-10-16-22)23-17-11-6-12-18-23/h4-18,20,25H,3,19H2,1-2H3,(H,29,33)(H,31,32)/t20-,25-/m0/s1. The number of carbonyl (C=O) groups is 3. The number of carboxylic acid groups (broad SMARTS) is 1. The van der Waals surface area contributed by atoms with Crippen LogP contribution in [0, 0.1) is 5.92 Å². The van der Waals surface area contributed by atoms with Gasteiger partial charge in [0.25, 0.3) is 0 Å². The van der Waals surface area contributed by atoms with Crippen molar-refractivity contribution in [3.8, 4) is 0 Å². The molecule has 176 valence electrons. The van der Waals surface area contributed by atoms with Gasteiger partial charge in [0.2, 0.25) is 5.91 Å². The Morgan fingerprint density at radius 1 is 0.824 bits per heavy atom. The Bertz CT molecular complexity index is 1000. The summed E-state index contributed by atoms with van der Waals surface area (Å²) in [7, 11) is 0. The highest BCUT2D eigenvalue weighted by Gasteiger charge is 2.45. The average Bonchev–Trinajstić information content (AvgIpc) is 2.85. The number of carboxylic acids is 1. The van der Waals surface area contributed by atoms with Crippen LogP contribution >= 0.6 is 0 Å². The first-order valence-electron chi connectivity index (χ1n) is 11.3. The van der Waals surface area contributed by atoms with Crippen molar-refractivity contribution in [2.24, 2.45) is 5.92 Å². The molecular weight excluding hydrogens is 430 g/mol. The molecule has 0 saturated heterocycles. The third-order valence-electron chi connectivity index (χ3n) is 5.88. The lowest BCUT2D eigenvalue weighted by Crippen LogP contribution is -2.54. The summed E-state index contributed by atoms with van der Waals surface area (Å²) in [6.45, 7) is 3.51. The van der Waals surface area contributed by atoms with Crippen molar-refractivity contribution < 1.29 is 24.2 Å². The van der Waals surface area contributed by atoms with Crippen LogP contribution in [0.4, 0.5) is 0 Å². The second kappa shape index (κ2) is 11.3. The Morgan fingerprint density at radius 2 is 1.24 bits per heavy atom. The quantitative estimate of drug-likeness (QED) is 0.351. The number of rotatable bonds is 10. The molecule has 0 aliphatic rings. The van der Waals surface area contributed by atoms with Gasteiger partial charge in [-0.3, -0.25) is 9.59 Å². The number of hydrogen-bond donors (Lipinski definition) is 2. The second-order valence-electron chi connectivity index (χ2n) is 8.12. The first-order valence-corrected chi connectivity index (χ1v) is 11.3. The van der Waals surface area contributed by atoms with Gasteiger partial charge in [0.15, 0.2) is 0 Å². The molecule has 0 radical (unpaired) electrons. The number of hydrogen-bond acceptors (Lipinski definition) is 4. The number of ether oxygens (including phenoxy) is 1. The third kappa shape index (κ3) is 5.17. The molecule has 2 atom stereocenters. The van der Waals surface area contributed by atoms with Gasteiger partial charge in [-0.2, -0.15) is 0 Å². The van der Waals surface area contributed by atoms with E-state index in [4.69, 9.17) is 4.74 Å². The molecule has 3 aromatic carbocycles. The zero-order valence-corrected chi connectivity index (χ0v) is 19.3. The molecule has 1 amide bonds. The Hall–Kier alpha value is -3.93. The van der Waals surface area contributed by atoms with Crippen molar-refractivity contribution in [1.82, 2.24) is 5.32 Å². The second-order valence-corrected chi connectivity index (χ2v) is 8.12. The zero-order chi connectivity index (χ0) is 24.6. The van der Waals surface area contributed by atoms with E-state index in [9.17, 15) is 19.5 Å². The van der Waals surface area contributed by atoms with Gasteiger partial charge in [0.05, 0.1) is 13.0 Å². The highest BCUT2D eigenvalue weighted by atomic mass is 16.5. The minimum atomic E-state index is -1.30. The molecule has 0 unspecified atom stereocenters. The van der Waals surface area contributed by atoms with Crippen molar-refractivity contribution in [1.29, 1.82) is 0 Å². The Kier molecular flexibility index (Phi) is 8.19. The maximum atomic E-state index is 14.2. The van der Waals surface area contributed by atoms with Crippen LogP contribution in [0.3, 0.4) is 0 Å². The largest absolute Gasteiger partial charge is 0.480 e. The molecule has 34 heavy (non-hydrogen) atoms. The van der Waals surface area contributed by atoms with Gasteiger partial charge >= 0.3 is 11.9 Å². The van der Waals surface area contributed by atoms with Crippen molar-refractivity contribution in [3.05, 3.63) is 108 Å². The molecule has 0 aromatic heterocycles. The number of amides is 1. The highest BCUT2D eigenvalue weighted by molar-refractivity contribution is 5.98. The summed E-state index contributed by atoms with van der Waals surface area (Å²) in [5.41, 5.74) is 0.799. The van der Waals surface area contributed by atoms with Gasteiger partial charge in [-0.25, -0.2) is 4.79 Å². The van der Waals surface area contributed by atoms with Crippen LogP contribution in [0.5, 0.6) is 0 Å². The van der Waals surface area contributed by atoms with Crippen LogP contribution in [0.25, 0.3) is 0 Å². The lowest BCUT2D eigenvalue weighted by molar-refractivity contribution is -0.147. The Morgan fingerprint density at radius 3 is 1.59 bits per heavy atom. The normalized spacial score (nSPS) is 12.9. The van der Waals surface area contributed by atoms with Gasteiger partial charge in [-0.1, -0.05) is 97.9 Å². The molecule has 2 N–H and O–H groups in total. The lowest BCUT2D eigenvalue weighted by Gasteiger charge is -2.36. The summed E-state index contributed by atoms with van der Waals surface area (Å²) in [5.74, 6) is -2.89. The predicted molar refractivity (Wildman–Crippen MR) is 129 cm³/mol. The van der Waals surface area contributed by atoms with Crippen molar-refractivity contribution in [3.63, 3.8) is 0 Å². The van der Waals surface area contributed by atoms with E-state index in [0.29, 0.717) is 16.7 Å². The molecule has 0 aliphatic carbocycles. The first kappa shape index (κ1) is 24.7. The Labute approximate surface area is 199 Å². The SMILES string of the molecule is CCOC(=O)C[C@H](C)[C@H](NC(=O)C(c1ccccc1)(c1ccccc1)c1ccccc1)C(=O)O. The average molecular weight is 460 g/mol. The molecular formula is C28H29NO5. The molecule has 0 heterocycles. The van der Waals surface area contributed by atoms with Crippen LogP contribution in [0.15, 0.2) is 91.0 Å². The first-order chi connectivity index (χ1) is 16.4. The number of nitrogens with one attached hydrogen (secondary N) is 1. The van der Waals surface area contributed by atoms with E-state index in [0.717, 1.165) is 0 Å². The van der Waals surface area contributed by atoms with Crippen LogP contribution in [0.1, 0.15) is 37.0 Å². The van der Waals surface area contributed by atoms with E-state index in [2.05, 4.69) is 5.32 Å². The maximum absolute atomic E-state index is 14.2. The fourth-order valence-electron chi connectivity index (χ4n) is 4.26. The minimum absolute atomic E-state index is 0.125. The summed E-state index contributed by atoms with van der Waals surface area (Å²) < 4.78 is 4.98. The topological polar surface area (TPSA) is 92.7 Å². The van der Waals surface area contributed by atoms with Crippen LogP contribution in [-0.2, 0) is 24.5 Å². The predicted octanol–water partition coefficient (Wildman–Crippen LogP) is 4.18. The molecule has 0 fully saturated rings. The molecule has 6 nitrogen and oxygen atoms in total. The van der Waals surface area contributed by atoms with Crippen molar-refractivity contribution >= 4 is 17.8 Å². The zero-order valence-electron chi connectivity index (χ0n) is 19.3. The molecule has 0 saturated carbocycles. The van der Waals surface area contributed by atoms with E-state index in [1.54, 1.807) is 13.8 Å². The highest BCUT2D eigenvalue weighted by Crippen LogP contribution is 2.39. The smallest absolute Gasteiger partial charge is 0.326 e. The molecule has 3 rings (SSSR count). The van der Waals surface area contributed by atoms with E-state index < -0.39 is 35.2 Å². The fraction of sp³-hybridized carbons (Fsp3) is 0.250. The molecule has 0 spiro atoms. The van der Waals surface area contributed by atoms with Gasteiger partial charge in [0.1, 0.15) is 11.5 Å². The van der Waals surface area contributed by atoms with Gasteiger partial charge in [-0.05, 0) is 29.5 Å². The summed E-state index contributed by atoms with van der Waals surface area (Å²) >= 11 is 0. The van der Waals surface area contributed by atoms with Crippen molar-refractivity contribution in [2.75, 3.05) is 6.61 Å². The minimum Gasteiger partial charge on any atom is -0.480 e. The van der Waals surface area contributed by atoms with Gasteiger partial charge in [0, 0.05) is 0 Å². The fourth-order valence-corrected chi connectivity index (χ4v) is 4.26.